The third-order valence-electron chi connectivity index (χ3n) is 6.98. The molecule has 8 heteroatoms. The minimum atomic E-state index is -3.48. The summed E-state index contributed by atoms with van der Waals surface area (Å²) in [5.41, 5.74) is 2.86. The van der Waals surface area contributed by atoms with Crippen LogP contribution in [0.3, 0.4) is 0 Å². The molecule has 0 aliphatic carbocycles. The summed E-state index contributed by atoms with van der Waals surface area (Å²) in [6, 6.07) is 30.0. The van der Waals surface area contributed by atoms with Crippen LogP contribution in [0.15, 0.2) is 97.1 Å². The van der Waals surface area contributed by atoms with Gasteiger partial charge in [-0.2, -0.15) is 0 Å². The third kappa shape index (κ3) is 7.47. The van der Waals surface area contributed by atoms with Crippen LogP contribution in [-0.4, -0.2) is 50.9 Å². The fourth-order valence-electron chi connectivity index (χ4n) is 4.75. The number of nitrogens with one attached hydrogen (secondary N) is 2. The number of carbonyl (C=O) groups is 1. The first-order valence-electron chi connectivity index (χ1n) is 13.6. The van der Waals surface area contributed by atoms with Gasteiger partial charge in [-0.3, -0.25) is 9.10 Å². The molecule has 0 aliphatic heterocycles. The van der Waals surface area contributed by atoms with E-state index in [0.717, 1.165) is 21.9 Å². The van der Waals surface area contributed by atoms with E-state index < -0.39 is 22.2 Å². The second-order valence-corrected chi connectivity index (χ2v) is 12.1. The van der Waals surface area contributed by atoms with Gasteiger partial charge in [-0.05, 0) is 52.9 Å². The van der Waals surface area contributed by atoms with E-state index in [9.17, 15) is 18.3 Å². The monoisotopic (exact) mass is 559 g/mol. The lowest BCUT2D eigenvalue weighted by Crippen LogP contribution is -2.48. The highest BCUT2D eigenvalue weighted by molar-refractivity contribution is 7.92. The van der Waals surface area contributed by atoms with Gasteiger partial charge in [0.05, 0.1) is 23.6 Å². The molecule has 4 aromatic carbocycles. The number of hydrogen-bond donors (Lipinski definition) is 3. The highest BCUT2D eigenvalue weighted by Crippen LogP contribution is 2.20. The van der Waals surface area contributed by atoms with Crippen molar-refractivity contribution in [2.45, 2.75) is 38.5 Å². The molecule has 0 aliphatic rings. The molecule has 0 aromatic heterocycles. The van der Waals surface area contributed by atoms with Crippen LogP contribution in [0, 0.1) is 0 Å². The lowest BCUT2D eigenvalue weighted by Gasteiger charge is -2.25. The molecule has 2 atom stereocenters. The number of nitrogens with zero attached hydrogens (tertiary/aromatic N) is 1. The van der Waals surface area contributed by atoms with Crippen molar-refractivity contribution in [3.8, 4) is 0 Å². The molecule has 7 nitrogen and oxygen atoms in total. The molecule has 40 heavy (non-hydrogen) atoms. The number of fused-ring (bicyclic) bond motifs is 1. The molecule has 0 saturated heterocycles. The molecule has 3 N–H and O–H groups in total. The Morgan fingerprint density at radius 2 is 1.62 bits per heavy atom. The van der Waals surface area contributed by atoms with E-state index in [2.05, 4.69) is 34.9 Å². The van der Waals surface area contributed by atoms with Crippen LogP contribution >= 0.6 is 0 Å². The van der Waals surface area contributed by atoms with Crippen molar-refractivity contribution in [2.24, 2.45) is 0 Å². The summed E-state index contributed by atoms with van der Waals surface area (Å²) in [7, 11) is -1.99. The van der Waals surface area contributed by atoms with Gasteiger partial charge in [0, 0.05) is 25.7 Å². The summed E-state index contributed by atoms with van der Waals surface area (Å²) in [5.74, 6) is -0.353. The van der Waals surface area contributed by atoms with Crippen LogP contribution in [0.2, 0.25) is 0 Å². The lowest BCUT2D eigenvalue weighted by atomic mass is 10.00. The second-order valence-electron chi connectivity index (χ2n) is 9.94. The third-order valence-corrected chi connectivity index (χ3v) is 8.95. The molecule has 0 unspecified atom stereocenters. The Balaban J connectivity index is 1.47. The van der Waals surface area contributed by atoms with Crippen LogP contribution in [0.1, 0.15) is 34.8 Å². The molecule has 0 heterocycles. The Morgan fingerprint density at radius 3 is 2.40 bits per heavy atom. The van der Waals surface area contributed by atoms with Crippen molar-refractivity contribution in [1.82, 2.24) is 10.6 Å². The number of aliphatic hydroxyl groups is 1. The Labute approximate surface area is 236 Å². The van der Waals surface area contributed by atoms with Gasteiger partial charge in [-0.1, -0.05) is 85.8 Å². The highest BCUT2D eigenvalue weighted by atomic mass is 32.2. The molecule has 0 spiro atoms. The van der Waals surface area contributed by atoms with Gasteiger partial charge < -0.3 is 15.7 Å². The molecule has 0 saturated carbocycles. The van der Waals surface area contributed by atoms with Crippen LogP contribution in [-0.2, 0) is 23.0 Å². The van der Waals surface area contributed by atoms with E-state index in [1.165, 1.54) is 11.4 Å². The van der Waals surface area contributed by atoms with E-state index in [1.807, 2.05) is 55.5 Å². The molecule has 4 rings (SSSR count). The number of aliphatic hydroxyl groups excluding tert-OH is 1. The van der Waals surface area contributed by atoms with E-state index >= 15 is 0 Å². The maximum absolute atomic E-state index is 13.3. The first-order valence-corrected chi connectivity index (χ1v) is 15.2. The molecule has 210 valence electrons. The number of rotatable bonds is 13. The number of carbonyl (C=O) groups excluding carboxylic acids is 1. The zero-order valence-electron chi connectivity index (χ0n) is 23.0. The van der Waals surface area contributed by atoms with E-state index in [1.54, 1.807) is 24.3 Å². The zero-order chi connectivity index (χ0) is 28.5. The first-order chi connectivity index (χ1) is 19.3. The van der Waals surface area contributed by atoms with Crippen LogP contribution in [0.5, 0.6) is 0 Å². The zero-order valence-corrected chi connectivity index (χ0v) is 23.8. The molecule has 1 amide bonds. The minimum Gasteiger partial charge on any atom is -0.390 e. The first kappa shape index (κ1) is 29.3. The minimum absolute atomic E-state index is 0.0248. The molecule has 0 fully saturated rings. The summed E-state index contributed by atoms with van der Waals surface area (Å²) in [4.78, 5) is 13.3. The topological polar surface area (TPSA) is 98.7 Å². The molecule has 0 bridgehead atoms. The standard InChI is InChI=1S/C32H37N3O4S/c1-3-19-40(38,39)35(2)28-17-10-15-26(21-28)32(37)34-30(20-24-11-5-4-6-12-24)31(36)23-33-22-27-16-9-14-25-13-7-8-18-29(25)27/h4-18,21,30-31,33,36H,3,19-20,22-23H2,1-2H3,(H,34,37)/t30-,31+/m0/s1. The van der Waals surface area contributed by atoms with Gasteiger partial charge in [-0.15, -0.1) is 0 Å². The number of anilines is 1. The van der Waals surface area contributed by atoms with Gasteiger partial charge in [0.1, 0.15) is 0 Å². The predicted molar refractivity (Wildman–Crippen MR) is 162 cm³/mol. The van der Waals surface area contributed by atoms with Crippen LogP contribution < -0.4 is 14.9 Å². The number of benzene rings is 4. The van der Waals surface area contributed by atoms with Crippen molar-refractivity contribution in [2.75, 3.05) is 23.7 Å². The van der Waals surface area contributed by atoms with Gasteiger partial charge in [0.15, 0.2) is 0 Å². The quantitative estimate of drug-likeness (QED) is 0.224. The molecule has 0 radical (unpaired) electrons. The van der Waals surface area contributed by atoms with Crippen molar-refractivity contribution in [3.05, 3.63) is 114 Å². The van der Waals surface area contributed by atoms with Crippen molar-refractivity contribution in [1.29, 1.82) is 0 Å². The summed E-state index contributed by atoms with van der Waals surface area (Å²) < 4.78 is 26.3. The smallest absolute Gasteiger partial charge is 0.251 e. The van der Waals surface area contributed by atoms with Crippen molar-refractivity contribution in [3.63, 3.8) is 0 Å². The fourth-order valence-corrected chi connectivity index (χ4v) is 5.97. The Bertz CT molecular complexity index is 1520. The lowest BCUT2D eigenvalue weighted by molar-refractivity contribution is 0.0830. The maximum atomic E-state index is 13.3. The highest BCUT2D eigenvalue weighted by Gasteiger charge is 2.24. The van der Waals surface area contributed by atoms with Gasteiger partial charge in [-0.25, -0.2) is 8.42 Å². The van der Waals surface area contributed by atoms with E-state index in [0.29, 0.717) is 30.6 Å². The van der Waals surface area contributed by atoms with Gasteiger partial charge in [0.25, 0.3) is 5.91 Å². The maximum Gasteiger partial charge on any atom is 0.251 e. The summed E-state index contributed by atoms with van der Waals surface area (Å²) in [6.07, 6.45) is 0.0733. The fraction of sp³-hybridized carbons (Fsp3) is 0.281. The van der Waals surface area contributed by atoms with Crippen molar-refractivity contribution >= 4 is 32.4 Å². The molecular formula is C32H37N3O4S. The SMILES string of the molecule is CCCS(=O)(=O)N(C)c1cccc(C(=O)N[C@@H](Cc2ccccc2)[C@H](O)CNCc2cccc3ccccc23)c1. The number of amides is 1. The normalized spacial score (nSPS) is 13.1. The summed E-state index contributed by atoms with van der Waals surface area (Å²) in [5, 5.41) is 19.9. The Hall–Kier alpha value is -3.72. The summed E-state index contributed by atoms with van der Waals surface area (Å²) >= 11 is 0. The molecular weight excluding hydrogens is 522 g/mol. The number of sulfonamides is 1. The van der Waals surface area contributed by atoms with Crippen LogP contribution in [0.4, 0.5) is 5.69 Å². The average molecular weight is 560 g/mol. The molecule has 4 aromatic rings. The van der Waals surface area contributed by atoms with Crippen LogP contribution in [0.25, 0.3) is 10.8 Å². The number of hydrogen-bond acceptors (Lipinski definition) is 5. The van der Waals surface area contributed by atoms with Gasteiger partial charge >= 0.3 is 0 Å². The largest absolute Gasteiger partial charge is 0.390 e. The average Bonchev–Trinajstić information content (AvgIpc) is 2.97. The van der Waals surface area contributed by atoms with Crippen molar-refractivity contribution < 1.29 is 18.3 Å². The van der Waals surface area contributed by atoms with E-state index in [-0.39, 0.29) is 18.2 Å². The van der Waals surface area contributed by atoms with Gasteiger partial charge in [0.2, 0.25) is 10.0 Å². The second kappa shape index (κ2) is 13.6. The Kier molecular flexibility index (Phi) is 9.93. The Morgan fingerprint density at radius 1 is 0.925 bits per heavy atom. The summed E-state index contributed by atoms with van der Waals surface area (Å²) in [6.45, 7) is 2.66. The predicted octanol–water partition coefficient (Wildman–Crippen LogP) is 4.51. The van der Waals surface area contributed by atoms with E-state index in [4.69, 9.17) is 0 Å².